The molecule has 6 heteroatoms. The molecular formula is C15H22ClN5. The maximum absolute atomic E-state index is 6.08. The average molecular weight is 308 g/mol. The summed E-state index contributed by atoms with van der Waals surface area (Å²) >= 11 is 6.08. The summed E-state index contributed by atoms with van der Waals surface area (Å²) in [5.74, 6) is 0. The van der Waals surface area contributed by atoms with Gasteiger partial charge in [-0.3, -0.25) is 0 Å². The van der Waals surface area contributed by atoms with Gasteiger partial charge in [-0.05, 0) is 39.0 Å². The topological polar surface area (TPSA) is 46.0 Å². The zero-order valence-electron chi connectivity index (χ0n) is 13.2. The maximum atomic E-state index is 6.08. The van der Waals surface area contributed by atoms with E-state index in [1.165, 1.54) is 0 Å². The quantitative estimate of drug-likeness (QED) is 0.941. The largest absolute Gasteiger partial charge is 0.378 e. The van der Waals surface area contributed by atoms with Crippen molar-refractivity contribution in [3.05, 3.63) is 35.1 Å². The van der Waals surface area contributed by atoms with Crippen LogP contribution in [0.1, 0.15) is 26.5 Å². The number of benzene rings is 1. The van der Waals surface area contributed by atoms with E-state index in [1.807, 2.05) is 48.1 Å². The molecule has 0 atom stereocenters. The van der Waals surface area contributed by atoms with E-state index in [1.54, 1.807) is 0 Å². The molecule has 0 bridgehead atoms. The number of hydrogen-bond donors (Lipinski definition) is 1. The predicted molar refractivity (Wildman–Crippen MR) is 88.1 cm³/mol. The first-order valence-corrected chi connectivity index (χ1v) is 7.27. The highest BCUT2D eigenvalue weighted by molar-refractivity contribution is 6.31. The molecule has 1 aromatic carbocycles. The van der Waals surface area contributed by atoms with E-state index in [0.717, 1.165) is 17.1 Å². The van der Waals surface area contributed by atoms with Gasteiger partial charge in [-0.25, -0.2) is 4.68 Å². The van der Waals surface area contributed by atoms with Gasteiger partial charge in [0.1, 0.15) is 5.69 Å². The Morgan fingerprint density at radius 3 is 2.57 bits per heavy atom. The van der Waals surface area contributed by atoms with Gasteiger partial charge in [0.05, 0.1) is 29.7 Å². The van der Waals surface area contributed by atoms with Gasteiger partial charge in [0.2, 0.25) is 0 Å². The van der Waals surface area contributed by atoms with E-state index in [-0.39, 0.29) is 5.54 Å². The molecule has 2 rings (SSSR count). The fraction of sp³-hybridized carbons (Fsp3) is 0.467. The molecule has 0 amide bonds. The summed E-state index contributed by atoms with van der Waals surface area (Å²) in [6.45, 7) is 6.90. The van der Waals surface area contributed by atoms with Crippen molar-refractivity contribution < 1.29 is 0 Å². The number of nitrogens with one attached hydrogen (secondary N) is 1. The molecule has 1 aromatic heterocycles. The van der Waals surface area contributed by atoms with Crippen molar-refractivity contribution in [1.82, 2.24) is 15.0 Å². The molecule has 0 aliphatic carbocycles. The van der Waals surface area contributed by atoms with Gasteiger partial charge in [0.25, 0.3) is 0 Å². The minimum Gasteiger partial charge on any atom is -0.378 e. The van der Waals surface area contributed by atoms with E-state index >= 15 is 0 Å². The minimum atomic E-state index is -0.0594. The Kier molecular flexibility index (Phi) is 4.42. The molecule has 0 saturated heterocycles. The fourth-order valence-electron chi connectivity index (χ4n) is 1.93. The third kappa shape index (κ3) is 3.88. The second-order valence-electron chi connectivity index (χ2n) is 6.23. The van der Waals surface area contributed by atoms with Gasteiger partial charge < -0.3 is 10.2 Å². The van der Waals surface area contributed by atoms with Crippen molar-refractivity contribution in [2.75, 3.05) is 24.3 Å². The number of hydrogen-bond acceptors (Lipinski definition) is 4. The summed E-state index contributed by atoms with van der Waals surface area (Å²) in [6, 6.07) is 5.81. The predicted octanol–water partition coefficient (Wildman–Crippen LogP) is 3.36. The molecule has 0 fully saturated rings. The van der Waals surface area contributed by atoms with Crippen LogP contribution in [0.3, 0.4) is 0 Å². The number of rotatable bonds is 4. The Morgan fingerprint density at radius 1 is 1.29 bits per heavy atom. The van der Waals surface area contributed by atoms with Crippen molar-refractivity contribution in [2.24, 2.45) is 0 Å². The van der Waals surface area contributed by atoms with Gasteiger partial charge in [0.15, 0.2) is 0 Å². The number of anilines is 2. The van der Waals surface area contributed by atoms with Crippen LogP contribution in [0.2, 0.25) is 5.02 Å². The number of aromatic nitrogens is 3. The van der Waals surface area contributed by atoms with Crippen LogP contribution < -0.4 is 10.2 Å². The Bertz CT molecular complexity index is 613. The van der Waals surface area contributed by atoms with Crippen molar-refractivity contribution in [3.63, 3.8) is 0 Å². The van der Waals surface area contributed by atoms with Crippen LogP contribution >= 0.6 is 11.6 Å². The minimum absolute atomic E-state index is 0.0594. The van der Waals surface area contributed by atoms with Crippen LogP contribution in [0.5, 0.6) is 0 Å². The molecule has 21 heavy (non-hydrogen) atoms. The van der Waals surface area contributed by atoms with Gasteiger partial charge in [-0.15, -0.1) is 5.10 Å². The van der Waals surface area contributed by atoms with Crippen molar-refractivity contribution in [1.29, 1.82) is 0 Å². The lowest BCUT2D eigenvalue weighted by atomic mass is 10.1. The molecule has 0 aliphatic heterocycles. The first-order valence-electron chi connectivity index (χ1n) is 6.90. The standard InChI is InChI=1S/C15H22ClN5/c1-15(2,3)21-10-12(18-19-21)9-17-13-8-11(16)6-7-14(13)20(4)5/h6-8,10,17H,9H2,1-5H3. The van der Waals surface area contributed by atoms with Gasteiger partial charge in [-0.1, -0.05) is 16.8 Å². The summed E-state index contributed by atoms with van der Waals surface area (Å²) in [7, 11) is 4.01. The van der Waals surface area contributed by atoms with Gasteiger partial charge in [0, 0.05) is 19.1 Å². The summed E-state index contributed by atoms with van der Waals surface area (Å²) < 4.78 is 1.87. The summed E-state index contributed by atoms with van der Waals surface area (Å²) in [5.41, 5.74) is 2.91. The fourth-order valence-corrected chi connectivity index (χ4v) is 2.10. The smallest absolute Gasteiger partial charge is 0.102 e. The molecular weight excluding hydrogens is 286 g/mol. The van der Waals surface area contributed by atoms with E-state index in [0.29, 0.717) is 11.6 Å². The van der Waals surface area contributed by atoms with Crippen LogP contribution in [0.25, 0.3) is 0 Å². The zero-order valence-corrected chi connectivity index (χ0v) is 13.9. The molecule has 1 heterocycles. The molecule has 0 spiro atoms. The lowest BCUT2D eigenvalue weighted by Gasteiger charge is -2.18. The summed E-state index contributed by atoms with van der Waals surface area (Å²) in [5, 5.41) is 12.4. The zero-order chi connectivity index (χ0) is 15.6. The Balaban J connectivity index is 2.13. The maximum Gasteiger partial charge on any atom is 0.102 e. The molecule has 1 N–H and O–H groups in total. The average Bonchev–Trinajstić information content (AvgIpc) is 2.84. The highest BCUT2D eigenvalue weighted by Crippen LogP contribution is 2.28. The third-order valence-corrected chi connectivity index (χ3v) is 3.36. The molecule has 114 valence electrons. The SMILES string of the molecule is CN(C)c1ccc(Cl)cc1NCc1cn(C(C)(C)C)nn1. The first-order chi connectivity index (χ1) is 9.77. The molecule has 2 aromatic rings. The van der Waals surface area contributed by atoms with E-state index < -0.39 is 0 Å². The lowest BCUT2D eigenvalue weighted by molar-refractivity contribution is 0.347. The Labute approximate surface area is 130 Å². The van der Waals surface area contributed by atoms with Crippen molar-refractivity contribution >= 4 is 23.0 Å². The summed E-state index contributed by atoms with van der Waals surface area (Å²) in [6.07, 6.45) is 1.97. The first kappa shape index (κ1) is 15.6. The van der Waals surface area contributed by atoms with Crippen LogP contribution in [-0.4, -0.2) is 29.1 Å². The second-order valence-corrected chi connectivity index (χ2v) is 6.67. The van der Waals surface area contributed by atoms with Crippen molar-refractivity contribution in [2.45, 2.75) is 32.9 Å². The van der Waals surface area contributed by atoms with Gasteiger partial charge in [-0.2, -0.15) is 0 Å². The van der Waals surface area contributed by atoms with E-state index in [2.05, 4.69) is 36.4 Å². The molecule has 0 aliphatic rings. The van der Waals surface area contributed by atoms with Crippen LogP contribution in [-0.2, 0) is 12.1 Å². The molecule has 0 radical (unpaired) electrons. The van der Waals surface area contributed by atoms with Crippen LogP contribution in [0, 0.1) is 0 Å². The van der Waals surface area contributed by atoms with Crippen LogP contribution in [0.15, 0.2) is 24.4 Å². The molecule has 0 unspecified atom stereocenters. The van der Waals surface area contributed by atoms with E-state index in [9.17, 15) is 0 Å². The Morgan fingerprint density at radius 2 is 2.00 bits per heavy atom. The normalized spacial score (nSPS) is 11.5. The third-order valence-electron chi connectivity index (χ3n) is 3.13. The second kappa shape index (κ2) is 5.93. The number of nitrogens with zero attached hydrogens (tertiary/aromatic N) is 4. The monoisotopic (exact) mass is 307 g/mol. The van der Waals surface area contributed by atoms with Crippen molar-refractivity contribution in [3.8, 4) is 0 Å². The Hall–Kier alpha value is -1.75. The van der Waals surface area contributed by atoms with Crippen LogP contribution in [0.4, 0.5) is 11.4 Å². The molecule has 5 nitrogen and oxygen atoms in total. The van der Waals surface area contributed by atoms with Gasteiger partial charge >= 0.3 is 0 Å². The van der Waals surface area contributed by atoms with E-state index in [4.69, 9.17) is 11.6 Å². The number of halogens is 1. The summed E-state index contributed by atoms with van der Waals surface area (Å²) in [4.78, 5) is 2.05. The molecule has 0 saturated carbocycles. The highest BCUT2D eigenvalue weighted by atomic mass is 35.5. The highest BCUT2D eigenvalue weighted by Gasteiger charge is 2.15. The lowest BCUT2D eigenvalue weighted by Crippen LogP contribution is -2.22.